The van der Waals surface area contributed by atoms with Crippen molar-refractivity contribution < 1.29 is 9.59 Å². The first kappa shape index (κ1) is 11.9. The highest BCUT2D eigenvalue weighted by Crippen LogP contribution is 1.93. The molecule has 0 aliphatic carbocycles. The summed E-state index contributed by atoms with van der Waals surface area (Å²) in [4.78, 5) is 20.4. The standard InChI is InChI=1S/C4H10N2O.C4H7NO/c1-3(2)4(7)6-5;6-4-2-1-3-5-4/h3H,5H2,1-2H3,(H,6,7);1-3H2,(H,5,6). The number of hydrazine groups is 1. The molecule has 0 radical (unpaired) electrons. The molecule has 5 nitrogen and oxygen atoms in total. The SMILES string of the molecule is CC(C)C(=O)NN.O=C1CCCN1. The zero-order valence-corrected chi connectivity index (χ0v) is 8.09. The summed E-state index contributed by atoms with van der Waals surface area (Å²) in [6, 6.07) is 0. The first-order valence-corrected chi connectivity index (χ1v) is 4.35. The number of rotatable bonds is 1. The number of hydrogen-bond donors (Lipinski definition) is 3. The molecule has 0 atom stereocenters. The zero-order valence-electron chi connectivity index (χ0n) is 8.09. The van der Waals surface area contributed by atoms with Gasteiger partial charge in [0.1, 0.15) is 0 Å². The quantitative estimate of drug-likeness (QED) is 0.295. The van der Waals surface area contributed by atoms with E-state index in [1.807, 2.05) is 5.43 Å². The highest BCUT2D eigenvalue weighted by molar-refractivity contribution is 5.77. The van der Waals surface area contributed by atoms with E-state index in [4.69, 9.17) is 5.84 Å². The molecule has 1 fully saturated rings. The van der Waals surface area contributed by atoms with Crippen LogP contribution in [0.1, 0.15) is 26.7 Å². The van der Waals surface area contributed by atoms with Gasteiger partial charge in [-0.05, 0) is 6.42 Å². The van der Waals surface area contributed by atoms with Crippen LogP contribution in [0.15, 0.2) is 0 Å². The number of amides is 2. The van der Waals surface area contributed by atoms with Gasteiger partial charge in [0.2, 0.25) is 11.8 Å². The largest absolute Gasteiger partial charge is 0.356 e. The third kappa shape index (κ3) is 6.10. The predicted molar refractivity (Wildman–Crippen MR) is 49.4 cm³/mol. The molecule has 0 bridgehead atoms. The molecular formula is C8H17N3O2. The highest BCUT2D eigenvalue weighted by atomic mass is 16.2. The molecule has 0 aromatic rings. The van der Waals surface area contributed by atoms with E-state index in [0.717, 1.165) is 19.4 Å². The van der Waals surface area contributed by atoms with Gasteiger partial charge in [-0.15, -0.1) is 0 Å². The Morgan fingerprint density at radius 3 is 2.31 bits per heavy atom. The lowest BCUT2D eigenvalue weighted by molar-refractivity contribution is -0.124. The molecule has 2 amide bonds. The van der Waals surface area contributed by atoms with Crippen LogP contribution in [0.25, 0.3) is 0 Å². The topological polar surface area (TPSA) is 84.2 Å². The molecule has 5 heteroatoms. The summed E-state index contributed by atoms with van der Waals surface area (Å²) in [5.41, 5.74) is 2.03. The van der Waals surface area contributed by atoms with E-state index < -0.39 is 0 Å². The summed E-state index contributed by atoms with van der Waals surface area (Å²) in [7, 11) is 0. The fourth-order valence-electron chi connectivity index (χ4n) is 0.732. The second kappa shape index (κ2) is 6.42. The van der Waals surface area contributed by atoms with Gasteiger partial charge in [0.15, 0.2) is 0 Å². The monoisotopic (exact) mass is 187 g/mol. The molecular weight excluding hydrogens is 170 g/mol. The van der Waals surface area contributed by atoms with Gasteiger partial charge in [-0.25, -0.2) is 5.84 Å². The van der Waals surface area contributed by atoms with Crippen molar-refractivity contribution in [3.63, 3.8) is 0 Å². The van der Waals surface area contributed by atoms with E-state index in [9.17, 15) is 9.59 Å². The van der Waals surface area contributed by atoms with Crippen LogP contribution >= 0.6 is 0 Å². The Morgan fingerprint density at radius 1 is 1.62 bits per heavy atom. The Balaban J connectivity index is 0.000000223. The average molecular weight is 187 g/mol. The number of nitrogens with two attached hydrogens (primary N) is 1. The van der Waals surface area contributed by atoms with Gasteiger partial charge in [-0.2, -0.15) is 0 Å². The minimum atomic E-state index is -0.125. The normalized spacial score (nSPS) is 14.6. The van der Waals surface area contributed by atoms with E-state index >= 15 is 0 Å². The van der Waals surface area contributed by atoms with Crippen LogP contribution < -0.4 is 16.6 Å². The maximum Gasteiger partial charge on any atom is 0.236 e. The van der Waals surface area contributed by atoms with Crippen molar-refractivity contribution in [2.45, 2.75) is 26.7 Å². The maximum atomic E-state index is 10.3. The fourth-order valence-corrected chi connectivity index (χ4v) is 0.732. The summed E-state index contributed by atoms with van der Waals surface area (Å²) in [6.45, 7) is 4.45. The van der Waals surface area contributed by atoms with Gasteiger partial charge in [-0.3, -0.25) is 15.0 Å². The van der Waals surface area contributed by atoms with Crippen molar-refractivity contribution in [2.75, 3.05) is 6.54 Å². The summed E-state index contributed by atoms with van der Waals surface area (Å²) < 4.78 is 0. The lowest BCUT2D eigenvalue weighted by Crippen LogP contribution is -2.33. The molecule has 0 spiro atoms. The van der Waals surface area contributed by atoms with Crippen LogP contribution in [0.3, 0.4) is 0 Å². The summed E-state index contributed by atoms with van der Waals surface area (Å²) in [6.07, 6.45) is 1.76. The van der Waals surface area contributed by atoms with E-state index in [1.54, 1.807) is 13.8 Å². The second-order valence-corrected chi connectivity index (χ2v) is 3.12. The van der Waals surface area contributed by atoms with Crippen LogP contribution in [0.2, 0.25) is 0 Å². The predicted octanol–water partition coefficient (Wildman–Crippen LogP) is -0.471. The van der Waals surface area contributed by atoms with Crippen molar-refractivity contribution in [3.05, 3.63) is 0 Å². The number of carbonyl (C=O) groups excluding carboxylic acids is 2. The van der Waals surface area contributed by atoms with Gasteiger partial charge < -0.3 is 5.32 Å². The van der Waals surface area contributed by atoms with E-state index in [2.05, 4.69) is 5.32 Å². The van der Waals surface area contributed by atoms with Crippen LogP contribution in [0.5, 0.6) is 0 Å². The Kier molecular flexibility index (Phi) is 5.88. The number of carbonyl (C=O) groups is 2. The molecule has 1 aliphatic rings. The Hall–Kier alpha value is -1.10. The lowest BCUT2D eigenvalue weighted by Gasteiger charge is -1.98. The Labute approximate surface area is 78.0 Å². The third-order valence-electron chi connectivity index (χ3n) is 1.57. The Morgan fingerprint density at radius 2 is 2.23 bits per heavy atom. The molecule has 0 aromatic heterocycles. The summed E-state index contributed by atoms with van der Waals surface area (Å²) in [5.74, 6) is 4.84. The van der Waals surface area contributed by atoms with Crippen LogP contribution in [0.4, 0.5) is 0 Å². The Bertz CT molecular complexity index is 172. The van der Waals surface area contributed by atoms with Gasteiger partial charge in [-0.1, -0.05) is 13.8 Å². The molecule has 0 unspecified atom stereocenters. The first-order chi connectivity index (χ1) is 6.07. The van der Waals surface area contributed by atoms with Crippen LogP contribution in [0, 0.1) is 5.92 Å². The van der Waals surface area contributed by atoms with E-state index in [0.29, 0.717) is 0 Å². The molecule has 1 heterocycles. The van der Waals surface area contributed by atoms with Gasteiger partial charge >= 0.3 is 0 Å². The summed E-state index contributed by atoms with van der Waals surface area (Å²) >= 11 is 0. The third-order valence-corrected chi connectivity index (χ3v) is 1.57. The molecule has 76 valence electrons. The first-order valence-electron chi connectivity index (χ1n) is 4.35. The fraction of sp³-hybridized carbons (Fsp3) is 0.750. The molecule has 0 aromatic carbocycles. The van der Waals surface area contributed by atoms with Crippen LogP contribution in [-0.2, 0) is 9.59 Å². The highest BCUT2D eigenvalue weighted by Gasteiger charge is 2.05. The van der Waals surface area contributed by atoms with Crippen LogP contribution in [-0.4, -0.2) is 18.4 Å². The number of hydrogen-bond acceptors (Lipinski definition) is 3. The van der Waals surface area contributed by atoms with Gasteiger partial charge in [0.05, 0.1) is 0 Å². The minimum Gasteiger partial charge on any atom is -0.356 e. The minimum absolute atomic E-state index is 0.00926. The molecule has 13 heavy (non-hydrogen) atoms. The van der Waals surface area contributed by atoms with Crippen molar-refractivity contribution >= 4 is 11.8 Å². The maximum absolute atomic E-state index is 10.3. The molecule has 4 N–H and O–H groups in total. The van der Waals surface area contributed by atoms with Crippen molar-refractivity contribution in [1.29, 1.82) is 0 Å². The molecule has 1 aliphatic heterocycles. The van der Waals surface area contributed by atoms with E-state index in [-0.39, 0.29) is 17.7 Å². The molecule has 1 saturated heterocycles. The van der Waals surface area contributed by atoms with Crippen molar-refractivity contribution in [3.8, 4) is 0 Å². The van der Waals surface area contributed by atoms with Crippen molar-refractivity contribution in [1.82, 2.24) is 10.7 Å². The zero-order chi connectivity index (χ0) is 10.3. The average Bonchev–Trinajstić information content (AvgIpc) is 2.55. The van der Waals surface area contributed by atoms with Crippen molar-refractivity contribution in [2.24, 2.45) is 11.8 Å². The van der Waals surface area contributed by atoms with E-state index in [1.165, 1.54) is 0 Å². The lowest BCUT2D eigenvalue weighted by atomic mass is 10.2. The smallest absolute Gasteiger partial charge is 0.236 e. The summed E-state index contributed by atoms with van der Waals surface area (Å²) in [5, 5.41) is 2.68. The number of nitrogens with one attached hydrogen (secondary N) is 2. The molecule has 0 saturated carbocycles. The second-order valence-electron chi connectivity index (χ2n) is 3.12. The van der Waals surface area contributed by atoms with Gasteiger partial charge in [0.25, 0.3) is 0 Å². The van der Waals surface area contributed by atoms with Gasteiger partial charge in [0, 0.05) is 18.9 Å². The molecule has 1 rings (SSSR count).